The molecule has 0 unspecified atom stereocenters. The van der Waals surface area contributed by atoms with Crippen molar-refractivity contribution in [1.82, 2.24) is 9.88 Å². The van der Waals surface area contributed by atoms with Gasteiger partial charge in [0.25, 0.3) is 0 Å². The number of carbonyl (C=O) groups excluding carboxylic acids is 1. The summed E-state index contributed by atoms with van der Waals surface area (Å²) in [4.78, 5) is 21.4. The number of rotatable bonds is 3. The van der Waals surface area contributed by atoms with Crippen LogP contribution in [0.1, 0.15) is 5.56 Å². The quantitative estimate of drug-likeness (QED) is 0.708. The molecule has 132 valence electrons. The van der Waals surface area contributed by atoms with Crippen molar-refractivity contribution < 1.29 is 4.79 Å². The largest absolute Gasteiger partial charge is 0.366 e. The monoisotopic (exact) mass is 365 g/mol. The van der Waals surface area contributed by atoms with E-state index in [9.17, 15) is 4.79 Å². The molecule has 0 aliphatic carbocycles. The number of para-hydroxylation sites is 1. The van der Waals surface area contributed by atoms with Crippen molar-refractivity contribution in [3.8, 4) is 0 Å². The zero-order chi connectivity index (χ0) is 17.9. The number of anilines is 1. The molecule has 26 heavy (non-hydrogen) atoms. The average Bonchev–Trinajstić information content (AvgIpc) is 2.69. The second-order valence-electron chi connectivity index (χ2n) is 6.52. The molecule has 3 aromatic rings. The molecule has 1 fully saturated rings. The highest BCUT2D eigenvalue weighted by molar-refractivity contribution is 6.30. The van der Waals surface area contributed by atoms with E-state index in [2.05, 4.69) is 34.1 Å². The molecule has 4 nitrogen and oxygen atoms in total. The van der Waals surface area contributed by atoms with Gasteiger partial charge in [-0.2, -0.15) is 0 Å². The first-order chi connectivity index (χ1) is 12.7. The van der Waals surface area contributed by atoms with Gasteiger partial charge < -0.3 is 9.80 Å². The molecule has 1 amide bonds. The predicted octanol–water partition coefficient (Wildman–Crippen LogP) is 3.78. The van der Waals surface area contributed by atoms with Crippen LogP contribution in [0.2, 0.25) is 5.02 Å². The van der Waals surface area contributed by atoms with Crippen molar-refractivity contribution >= 4 is 34.1 Å². The lowest BCUT2D eigenvalue weighted by molar-refractivity contribution is -0.130. The highest BCUT2D eigenvalue weighted by atomic mass is 35.5. The maximum Gasteiger partial charge on any atom is 0.227 e. The number of hydrogen-bond donors (Lipinski definition) is 0. The van der Waals surface area contributed by atoms with Gasteiger partial charge in [0.1, 0.15) is 0 Å². The maximum atomic E-state index is 12.6. The minimum Gasteiger partial charge on any atom is -0.366 e. The third-order valence-electron chi connectivity index (χ3n) is 4.85. The second-order valence-corrected chi connectivity index (χ2v) is 6.96. The molecule has 2 aromatic carbocycles. The number of hydrogen-bond acceptors (Lipinski definition) is 3. The Bertz CT molecular complexity index is 913. The smallest absolute Gasteiger partial charge is 0.227 e. The lowest BCUT2D eigenvalue weighted by atomic mass is 10.1. The minimum atomic E-state index is 0.169. The van der Waals surface area contributed by atoms with Gasteiger partial charge in [-0.25, -0.2) is 0 Å². The first-order valence-electron chi connectivity index (χ1n) is 8.81. The lowest BCUT2D eigenvalue weighted by Gasteiger charge is -2.36. The molecular weight excluding hydrogens is 346 g/mol. The van der Waals surface area contributed by atoms with E-state index in [4.69, 9.17) is 11.6 Å². The molecule has 2 heterocycles. The summed E-state index contributed by atoms with van der Waals surface area (Å²) >= 11 is 5.91. The Kier molecular flexibility index (Phi) is 4.76. The molecule has 0 radical (unpaired) electrons. The van der Waals surface area contributed by atoms with E-state index in [1.54, 1.807) is 0 Å². The number of amides is 1. The van der Waals surface area contributed by atoms with Gasteiger partial charge in [-0.3, -0.25) is 9.78 Å². The Morgan fingerprint density at radius 3 is 2.46 bits per heavy atom. The van der Waals surface area contributed by atoms with Crippen LogP contribution in [0.25, 0.3) is 10.9 Å². The highest BCUT2D eigenvalue weighted by Crippen LogP contribution is 2.25. The van der Waals surface area contributed by atoms with Crippen molar-refractivity contribution in [2.45, 2.75) is 6.42 Å². The Morgan fingerprint density at radius 1 is 0.962 bits per heavy atom. The standard InChI is InChI=1S/C21H20ClN3O/c22-18-8-6-16(7-9-18)15-20(26)25-13-11-24(12-14-25)19-5-1-3-17-4-2-10-23-21(17)19/h1-10H,11-15H2. The summed E-state index contributed by atoms with van der Waals surface area (Å²) in [5, 5.41) is 1.84. The van der Waals surface area contributed by atoms with Crippen LogP contribution in [0.5, 0.6) is 0 Å². The topological polar surface area (TPSA) is 36.4 Å². The third kappa shape index (κ3) is 3.51. The maximum absolute atomic E-state index is 12.6. The van der Waals surface area contributed by atoms with Gasteiger partial charge in [-0.1, -0.05) is 41.9 Å². The molecule has 4 rings (SSSR count). The summed E-state index contributed by atoms with van der Waals surface area (Å²) in [7, 11) is 0. The first-order valence-corrected chi connectivity index (χ1v) is 9.19. The predicted molar refractivity (Wildman–Crippen MR) is 106 cm³/mol. The summed E-state index contributed by atoms with van der Waals surface area (Å²) in [6, 6.07) is 17.8. The highest BCUT2D eigenvalue weighted by Gasteiger charge is 2.22. The summed E-state index contributed by atoms with van der Waals surface area (Å²) < 4.78 is 0. The number of aromatic nitrogens is 1. The summed E-state index contributed by atoms with van der Waals surface area (Å²) in [6.45, 7) is 3.11. The van der Waals surface area contributed by atoms with Crippen LogP contribution in [0, 0.1) is 0 Å². The SMILES string of the molecule is O=C(Cc1ccc(Cl)cc1)N1CCN(c2cccc3cccnc23)CC1. The van der Waals surface area contributed by atoms with E-state index in [1.165, 1.54) is 0 Å². The fourth-order valence-electron chi connectivity index (χ4n) is 3.43. The number of carbonyl (C=O) groups is 1. The van der Waals surface area contributed by atoms with Gasteiger partial charge in [0.2, 0.25) is 5.91 Å². The van der Waals surface area contributed by atoms with Crippen LogP contribution in [0.15, 0.2) is 60.8 Å². The molecule has 1 aliphatic heterocycles. The fourth-order valence-corrected chi connectivity index (χ4v) is 3.55. The zero-order valence-electron chi connectivity index (χ0n) is 14.4. The van der Waals surface area contributed by atoms with Crippen molar-refractivity contribution in [2.24, 2.45) is 0 Å². The van der Waals surface area contributed by atoms with Crippen LogP contribution in [-0.2, 0) is 11.2 Å². The number of piperazine rings is 1. The molecule has 0 spiro atoms. The van der Waals surface area contributed by atoms with E-state index < -0.39 is 0 Å². The second kappa shape index (κ2) is 7.34. The van der Waals surface area contributed by atoms with Gasteiger partial charge in [0.15, 0.2) is 0 Å². The molecular formula is C21H20ClN3O. The van der Waals surface area contributed by atoms with E-state index in [1.807, 2.05) is 41.4 Å². The number of nitrogens with zero attached hydrogens (tertiary/aromatic N) is 3. The molecule has 1 aliphatic rings. The Balaban J connectivity index is 1.42. The number of fused-ring (bicyclic) bond motifs is 1. The Morgan fingerprint density at radius 2 is 1.69 bits per heavy atom. The van der Waals surface area contributed by atoms with Crippen molar-refractivity contribution in [2.75, 3.05) is 31.1 Å². The molecule has 0 bridgehead atoms. The first kappa shape index (κ1) is 16.9. The van der Waals surface area contributed by atoms with Crippen LogP contribution in [0.4, 0.5) is 5.69 Å². The third-order valence-corrected chi connectivity index (χ3v) is 5.11. The summed E-state index contributed by atoms with van der Waals surface area (Å²) in [5.74, 6) is 0.169. The van der Waals surface area contributed by atoms with Crippen LogP contribution >= 0.6 is 11.6 Å². The number of halogens is 1. The van der Waals surface area contributed by atoms with E-state index in [0.717, 1.165) is 48.3 Å². The fraction of sp³-hybridized carbons (Fsp3) is 0.238. The van der Waals surface area contributed by atoms with E-state index >= 15 is 0 Å². The average molecular weight is 366 g/mol. The number of pyridine rings is 1. The van der Waals surface area contributed by atoms with Gasteiger partial charge in [0, 0.05) is 42.8 Å². The van der Waals surface area contributed by atoms with Crippen LogP contribution < -0.4 is 4.90 Å². The normalized spacial score (nSPS) is 14.7. The van der Waals surface area contributed by atoms with Crippen molar-refractivity contribution in [3.63, 3.8) is 0 Å². The molecule has 1 aromatic heterocycles. The Labute approximate surface area is 158 Å². The van der Waals surface area contributed by atoms with E-state index in [-0.39, 0.29) is 5.91 Å². The summed E-state index contributed by atoms with van der Waals surface area (Å²) in [6.07, 6.45) is 2.25. The molecule has 0 saturated carbocycles. The van der Waals surface area contributed by atoms with Gasteiger partial charge in [0.05, 0.1) is 17.6 Å². The van der Waals surface area contributed by atoms with Gasteiger partial charge >= 0.3 is 0 Å². The summed E-state index contributed by atoms with van der Waals surface area (Å²) in [5.41, 5.74) is 3.17. The van der Waals surface area contributed by atoms with Gasteiger partial charge in [-0.05, 0) is 29.8 Å². The van der Waals surface area contributed by atoms with Crippen molar-refractivity contribution in [3.05, 3.63) is 71.4 Å². The molecule has 0 atom stereocenters. The van der Waals surface area contributed by atoms with Crippen molar-refractivity contribution in [1.29, 1.82) is 0 Å². The Hall–Kier alpha value is -2.59. The van der Waals surface area contributed by atoms with Crippen LogP contribution in [-0.4, -0.2) is 42.0 Å². The van der Waals surface area contributed by atoms with E-state index in [0.29, 0.717) is 11.4 Å². The molecule has 1 saturated heterocycles. The lowest BCUT2D eigenvalue weighted by Crippen LogP contribution is -2.49. The zero-order valence-corrected chi connectivity index (χ0v) is 15.2. The molecule has 5 heteroatoms. The minimum absolute atomic E-state index is 0.169. The van der Waals surface area contributed by atoms with Crippen LogP contribution in [0.3, 0.4) is 0 Å². The van der Waals surface area contributed by atoms with Gasteiger partial charge in [-0.15, -0.1) is 0 Å². The number of benzene rings is 2. The molecule has 0 N–H and O–H groups in total.